The summed E-state index contributed by atoms with van der Waals surface area (Å²) in [5, 5.41) is 7.99. The highest BCUT2D eigenvalue weighted by Gasteiger charge is 2.29. The van der Waals surface area contributed by atoms with E-state index in [1.54, 1.807) is 46.4 Å². The molecule has 3 aromatic heterocycles. The fourth-order valence-corrected chi connectivity index (χ4v) is 3.97. The average Bonchev–Trinajstić information content (AvgIpc) is 3.48. The number of aromatic nitrogens is 4. The Kier molecular flexibility index (Phi) is 5.54. The fraction of sp³-hybridized carbons (Fsp3) is 0.208. The number of aryl methyl sites for hydroxylation is 1. The number of nitrogen functional groups attached to an aromatic ring is 1. The van der Waals surface area contributed by atoms with Gasteiger partial charge < -0.3 is 20.7 Å². The molecule has 1 aliphatic rings. The molecule has 4 heterocycles. The molecular weight excluding hydrogens is 434 g/mol. The minimum absolute atomic E-state index is 0.144. The van der Waals surface area contributed by atoms with Gasteiger partial charge in [-0.05, 0) is 36.8 Å². The number of carbonyl (C=O) groups is 2. The molecule has 0 unspecified atom stereocenters. The van der Waals surface area contributed by atoms with Crippen LogP contribution < -0.4 is 15.8 Å². The first-order valence-electron chi connectivity index (χ1n) is 10.8. The highest BCUT2D eigenvalue weighted by Crippen LogP contribution is 2.23. The standard InChI is InChI=1S/C24H23N7O3/c1-30-13-17(12-28-30)16-10-20(22(25)27-11-16)23(32)29-18-6-8-31(14-18)24(33)34-19-4-5-21-15(9-19)3-2-7-26-21/h2-5,7,9-13,18H,6,8,14H2,1H3,(H2,25,27)(H,29,32)/t18-/m1/s1. The molecule has 10 heteroatoms. The predicted octanol–water partition coefficient (Wildman–Crippen LogP) is 2.62. The van der Waals surface area contributed by atoms with E-state index in [4.69, 9.17) is 10.5 Å². The number of pyridine rings is 2. The summed E-state index contributed by atoms with van der Waals surface area (Å²) in [6, 6.07) is 10.5. The van der Waals surface area contributed by atoms with Crippen molar-refractivity contribution < 1.29 is 14.3 Å². The zero-order valence-corrected chi connectivity index (χ0v) is 18.5. The third-order valence-corrected chi connectivity index (χ3v) is 5.76. The fourth-order valence-electron chi connectivity index (χ4n) is 3.97. The highest BCUT2D eigenvalue weighted by atomic mass is 16.6. The Morgan fingerprint density at radius 2 is 2.03 bits per heavy atom. The van der Waals surface area contributed by atoms with Crippen molar-refractivity contribution in [3.8, 4) is 16.9 Å². The van der Waals surface area contributed by atoms with Gasteiger partial charge in [-0.15, -0.1) is 0 Å². The van der Waals surface area contributed by atoms with Crippen molar-refractivity contribution in [2.45, 2.75) is 12.5 Å². The van der Waals surface area contributed by atoms with Gasteiger partial charge in [-0.1, -0.05) is 6.07 Å². The first-order valence-corrected chi connectivity index (χ1v) is 10.8. The maximum atomic E-state index is 12.9. The molecule has 0 aliphatic carbocycles. The minimum atomic E-state index is -0.459. The number of hydrogen-bond acceptors (Lipinski definition) is 7. The van der Waals surface area contributed by atoms with Crippen LogP contribution in [0.2, 0.25) is 0 Å². The third-order valence-electron chi connectivity index (χ3n) is 5.76. The lowest BCUT2D eigenvalue weighted by molar-refractivity contribution is 0.0937. The number of rotatable bonds is 4. The topological polar surface area (TPSA) is 128 Å². The van der Waals surface area contributed by atoms with Crippen LogP contribution in [0.25, 0.3) is 22.0 Å². The summed E-state index contributed by atoms with van der Waals surface area (Å²) in [6.07, 6.45) is 7.01. The van der Waals surface area contributed by atoms with Crippen LogP contribution in [0.15, 0.2) is 61.2 Å². The Labute approximate surface area is 195 Å². The molecule has 0 radical (unpaired) electrons. The Balaban J connectivity index is 1.22. The number of benzene rings is 1. The molecule has 3 N–H and O–H groups in total. The van der Waals surface area contributed by atoms with Gasteiger partial charge in [-0.2, -0.15) is 5.10 Å². The largest absolute Gasteiger partial charge is 0.415 e. The molecule has 172 valence electrons. The highest BCUT2D eigenvalue weighted by molar-refractivity contribution is 5.99. The molecule has 1 aromatic carbocycles. The number of amides is 2. The van der Waals surface area contributed by atoms with E-state index in [-0.39, 0.29) is 23.3 Å². The van der Waals surface area contributed by atoms with Crippen LogP contribution >= 0.6 is 0 Å². The Morgan fingerprint density at radius 1 is 1.15 bits per heavy atom. The van der Waals surface area contributed by atoms with Crippen molar-refractivity contribution in [3.63, 3.8) is 0 Å². The van der Waals surface area contributed by atoms with Gasteiger partial charge in [-0.3, -0.25) is 14.5 Å². The molecule has 4 aromatic rings. The van der Waals surface area contributed by atoms with Gasteiger partial charge in [0.15, 0.2) is 0 Å². The molecule has 10 nitrogen and oxygen atoms in total. The molecule has 2 amide bonds. The number of nitrogens with two attached hydrogens (primary N) is 1. The van der Waals surface area contributed by atoms with Crippen LogP contribution in [0, 0.1) is 0 Å². The van der Waals surface area contributed by atoms with Crippen molar-refractivity contribution in [1.82, 2.24) is 30.0 Å². The molecule has 5 rings (SSSR count). The second-order valence-electron chi connectivity index (χ2n) is 8.19. The lowest BCUT2D eigenvalue weighted by Gasteiger charge is -2.17. The summed E-state index contributed by atoms with van der Waals surface area (Å²) in [6.45, 7) is 0.817. The summed E-state index contributed by atoms with van der Waals surface area (Å²) < 4.78 is 7.21. The van der Waals surface area contributed by atoms with Crippen molar-refractivity contribution >= 4 is 28.7 Å². The van der Waals surface area contributed by atoms with E-state index in [0.29, 0.717) is 25.3 Å². The number of hydrogen-bond donors (Lipinski definition) is 2. The van der Waals surface area contributed by atoms with E-state index in [0.717, 1.165) is 22.0 Å². The summed E-state index contributed by atoms with van der Waals surface area (Å²) >= 11 is 0. The monoisotopic (exact) mass is 457 g/mol. The van der Waals surface area contributed by atoms with Gasteiger partial charge in [0, 0.05) is 61.3 Å². The van der Waals surface area contributed by atoms with Gasteiger partial charge in [-0.25, -0.2) is 9.78 Å². The molecule has 1 atom stereocenters. The summed E-state index contributed by atoms with van der Waals surface area (Å²) in [5.74, 6) is 0.257. The van der Waals surface area contributed by atoms with E-state index in [1.807, 2.05) is 31.4 Å². The number of fused-ring (bicyclic) bond motifs is 1. The predicted molar refractivity (Wildman–Crippen MR) is 126 cm³/mol. The SMILES string of the molecule is Cn1cc(-c2cnc(N)c(C(=O)N[C@@H]3CCN(C(=O)Oc4ccc5ncccc5c4)C3)c2)cn1. The molecule has 1 fully saturated rings. The second kappa shape index (κ2) is 8.81. The zero-order chi connectivity index (χ0) is 23.7. The lowest BCUT2D eigenvalue weighted by Crippen LogP contribution is -2.39. The smallest absolute Gasteiger partial charge is 0.410 e. The van der Waals surface area contributed by atoms with Crippen molar-refractivity contribution in [1.29, 1.82) is 0 Å². The molecule has 0 saturated carbocycles. The van der Waals surface area contributed by atoms with Gasteiger partial charge in [0.2, 0.25) is 0 Å². The van der Waals surface area contributed by atoms with Crippen LogP contribution in [0.4, 0.5) is 10.6 Å². The van der Waals surface area contributed by atoms with E-state index in [9.17, 15) is 9.59 Å². The number of likely N-dealkylation sites (tertiary alicyclic amines) is 1. The number of anilines is 1. The first-order chi connectivity index (χ1) is 16.5. The average molecular weight is 457 g/mol. The van der Waals surface area contributed by atoms with E-state index < -0.39 is 6.09 Å². The first kappa shape index (κ1) is 21.4. The number of nitrogens with zero attached hydrogens (tertiary/aromatic N) is 5. The second-order valence-corrected chi connectivity index (χ2v) is 8.19. The summed E-state index contributed by atoms with van der Waals surface area (Å²) in [5.41, 5.74) is 8.66. The van der Waals surface area contributed by atoms with E-state index in [2.05, 4.69) is 20.4 Å². The van der Waals surface area contributed by atoms with E-state index >= 15 is 0 Å². The van der Waals surface area contributed by atoms with Gasteiger partial charge >= 0.3 is 6.09 Å². The van der Waals surface area contributed by atoms with Crippen molar-refractivity contribution in [2.24, 2.45) is 7.05 Å². The van der Waals surface area contributed by atoms with Crippen LogP contribution in [0.5, 0.6) is 5.75 Å². The van der Waals surface area contributed by atoms with Gasteiger partial charge in [0.1, 0.15) is 11.6 Å². The van der Waals surface area contributed by atoms with Crippen LogP contribution in [-0.2, 0) is 7.05 Å². The minimum Gasteiger partial charge on any atom is -0.410 e. The number of ether oxygens (including phenoxy) is 1. The molecule has 0 bridgehead atoms. The molecule has 34 heavy (non-hydrogen) atoms. The van der Waals surface area contributed by atoms with Crippen molar-refractivity contribution in [3.05, 3.63) is 66.7 Å². The van der Waals surface area contributed by atoms with Crippen LogP contribution in [-0.4, -0.2) is 55.8 Å². The molecule has 1 saturated heterocycles. The molecule has 0 spiro atoms. The van der Waals surface area contributed by atoms with Crippen LogP contribution in [0.3, 0.4) is 0 Å². The number of carbonyl (C=O) groups excluding carboxylic acids is 2. The maximum absolute atomic E-state index is 12.9. The quantitative estimate of drug-likeness (QED) is 0.482. The van der Waals surface area contributed by atoms with Crippen molar-refractivity contribution in [2.75, 3.05) is 18.8 Å². The van der Waals surface area contributed by atoms with Gasteiger partial charge in [0.05, 0.1) is 17.3 Å². The number of nitrogens with one attached hydrogen (secondary N) is 1. The summed E-state index contributed by atoms with van der Waals surface area (Å²) in [7, 11) is 1.82. The Morgan fingerprint density at radius 3 is 2.85 bits per heavy atom. The van der Waals surface area contributed by atoms with E-state index in [1.165, 1.54) is 0 Å². The molecular formula is C24H23N7O3. The normalized spacial score (nSPS) is 15.4. The lowest BCUT2D eigenvalue weighted by atomic mass is 10.1. The summed E-state index contributed by atoms with van der Waals surface area (Å²) in [4.78, 5) is 35.6. The Hall–Kier alpha value is -4.47. The van der Waals surface area contributed by atoms with Gasteiger partial charge in [0.25, 0.3) is 5.91 Å². The van der Waals surface area contributed by atoms with Crippen LogP contribution in [0.1, 0.15) is 16.8 Å². The third kappa shape index (κ3) is 4.38. The molecule has 1 aliphatic heterocycles. The zero-order valence-electron chi connectivity index (χ0n) is 18.5. The Bertz CT molecular complexity index is 1380. The maximum Gasteiger partial charge on any atom is 0.415 e.